The molecule has 2 N–H and O–H groups in total. The predicted octanol–water partition coefficient (Wildman–Crippen LogP) is 0.401. The van der Waals surface area contributed by atoms with E-state index in [1.807, 2.05) is 18.4 Å². The van der Waals surface area contributed by atoms with Gasteiger partial charge in [0, 0.05) is 24.9 Å². The molecule has 0 spiro atoms. The number of nitrogens with one attached hydrogen (secondary N) is 2. The van der Waals surface area contributed by atoms with Crippen LogP contribution in [0.25, 0.3) is 12.4 Å². The molecule has 7 heteroatoms. The molecule has 0 saturated carbocycles. The molecule has 2 aliphatic rings. The van der Waals surface area contributed by atoms with Crippen molar-refractivity contribution in [2.24, 2.45) is 0 Å². The zero-order chi connectivity index (χ0) is 19.2. The number of halogens is 1. The summed E-state index contributed by atoms with van der Waals surface area (Å²) in [7, 11) is 0. The smallest absolute Gasteiger partial charge is 0.230 e. The summed E-state index contributed by atoms with van der Waals surface area (Å²) in [5.41, 5.74) is 1.01. The van der Waals surface area contributed by atoms with Crippen LogP contribution in [-0.4, -0.2) is 16.2 Å². The van der Waals surface area contributed by atoms with Crippen LogP contribution in [0.5, 0.6) is 0 Å². The lowest BCUT2D eigenvalue weighted by atomic mass is 10.1. The van der Waals surface area contributed by atoms with E-state index in [9.17, 15) is 9.18 Å². The Kier molecular flexibility index (Phi) is 4.11. The number of aromatic nitrogens is 2. The van der Waals surface area contributed by atoms with Crippen molar-refractivity contribution in [2.75, 3.05) is 6.61 Å². The van der Waals surface area contributed by atoms with Crippen molar-refractivity contribution in [2.45, 2.75) is 32.4 Å². The Morgan fingerprint density at radius 2 is 2.07 bits per heavy atom. The molecule has 1 aromatic heterocycles. The topological polar surface area (TPSA) is 68.2 Å². The quantitative estimate of drug-likeness (QED) is 0.803. The maximum absolute atomic E-state index is 13.1. The van der Waals surface area contributed by atoms with Gasteiger partial charge in [-0.1, -0.05) is 18.7 Å². The van der Waals surface area contributed by atoms with Crippen LogP contribution in [0.4, 0.5) is 4.39 Å². The van der Waals surface area contributed by atoms with Gasteiger partial charge in [0.15, 0.2) is 5.35 Å². The van der Waals surface area contributed by atoms with Crippen LogP contribution < -0.4 is 26.8 Å². The second-order valence-corrected chi connectivity index (χ2v) is 7.19. The maximum atomic E-state index is 13.1. The molecule has 0 fully saturated rings. The molecule has 6 nitrogen and oxygen atoms in total. The minimum atomic E-state index is -0.601. The Morgan fingerprint density at radius 1 is 1.33 bits per heavy atom. The van der Waals surface area contributed by atoms with E-state index in [1.54, 1.807) is 18.3 Å². The number of hydrogen-bond donors (Lipinski definition) is 2. The van der Waals surface area contributed by atoms with E-state index in [1.165, 1.54) is 12.1 Å². The third-order valence-electron chi connectivity index (χ3n) is 4.81. The van der Waals surface area contributed by atoms with Crippen LogP contribution in [0.15, 0.2) is 41.0 Å². The van der Waals surface area contributed by atoms with Crippen molar-refractivity contribution in [1.82, 2.24) is 20.2 Å². The minimum Gasteiger partial charge on any atom is -0.366 e. The monoisotopic (exact) mass is 368 g/mol. The summed E-state index contributed by atoms with van der Waals surface area (Å²) in [4.78, 5) is 17.4. The molecule has 0 bridgehead atoms. The van der Waals surface area contributed by atoms with Crippen molar-refractivity contribution in [3.05, 3.63) is 74.3 Å². The average Bonchev–Trinajstić information content (AvgIpc) is 3.08. The highest BCUT2D eigenvalue weighted by molar-refractivity contribution is 5.48. The normalized spacial score (nSPS) is 19.7. The number of allylic oxidation sites excluding steroid dienone is 1. The molecule has 3 heterocycles. The summed E-state index contributed by atoms with van der Waals surface area (Å²) in [5, 5.41) is 6.98. The predicted molar refractivity (Wildman–Crippen MR) is 100 cm³/mol. The van der Waals surface area contributed by atoms with Gasteiger partial charge in [-0.05, 0) is 31.5 Å². The number of rotatable bonds is 2. The SMILES string of the molecule is C=c1c(=O)/c(=C2\NC=C(Cc3ccc(F)cc3)N2)nc2n1CCOC2(C)C. The summed E-state index contributed by atoms with van der Waals surface area (Å²) < 4.78 is 20.7. The van der Waals surface area contributed by atoms with Crippen molar-refractivity contribution in [1.29, 1.82) is 0 Å². The number of benzene rings is 1. The highest BCUT2D eigenvalue weighted by Gasteiger charge is 2.31. The molecule has 0 amide bonds. The Balaban J connectivity index is 1.71. The van der Waals surface area contributed by atoms with Gasteiger partial charge in [-0.15, -0.1) is 0 Å². The number of fused-ring (bicyclic) bond motifs is 1. The first-order valence-electron chi connectivity index (χ1n) is 8.81. The molecular weight excluding hydrogens is 347 g/mol. The molecule has 0 aliphatic carbocycles. The van der Waals surface area contributed by atoms with Gasteiger partial charge in [0.2, 0.25) is 5.43 Å². The first-order chi connectivity index (χ1) is 12.8. The highest BCUT2D eigenvalue weighted by Crippen LogP contribution is 2.24. The third-order valence-corrected chi connectivity index (χ3v) is 4.81. The number of hydrogen-bond acceptors (Lipinski definition) is 5. The molecule has 27 heavy (non-hydrogen) atoms. The van der Waals surface area contributed by atoms with Crippen LogP contribution in [0.3, 0.4) is 0 Å². The standard InChI is InChI=1S/C20H21FN4O2/c1-12-17(26)16(24-19-20(2,3)27-9-8-25(12)19)18-22-11-15(23-18)10-13-4-6-14(21)7-5-13/h4-7,11,22-23H,1,8-10H2,2-3H3/b18-16-. The summed E-state index contributed by atoms with van der Waals surface area (Å²) in [6.45, 7) is 8.89. The molecule has 0 unspecified atom stereocenters. The fraction of sp³-hybridized carbons (Fsp3) is 0.300. The molecule has 4 rings (SSSR count). The van der Waals surface area contributed by atoms with Crippen molar-refractivity contribution in [3.8, 4) is 0 Å². The molecule has 0 atom stereocenters. The van der Waals surface area contributed by atoms with Gasteiger partial charge in [0.1, 0.15) is 23.1 Å². The van der Waals surface area contributed by atoms with E-state index >= 15 is 0 Å². The van der Waals surface area contributed by atoms with E-state index in [0.717, 1.165) is 11.3 Å². The minimum absolute atomic E-state index is 0.220. The van der Waals surface area contributed by atoms with E-state index < -0.39 is 5.60 Å². The van der Waals surface area contributed by atoms with Gasteiger partial charge < -0.3 is 19.9 Å². The van der Waals surface area contributed by atoms with E-state index in [-0.39, 0.29) is 16.6 Å². The zero-order valence-electron chi connectivity index (χ0n) is 15.3. The second kappa shape index (κ2) is 6.35. The molecule has 0 radical (unpaired) electrons. The van der Waals surface area contributed by atoms with Crippen LogP contribution in [0, 0.1) is 5.82 Å². The fourth-order valence-corrected chi connectivity index (χ4v) is 3.37. The molecule has 2 aromatic rings. The lowest BCUT2D eigenvalue weighted by molar-refractivity contribution is -0.0565. The summed E-state index contributed by atoms with van der Waals surface area (Å²) in [5.74, 6) is 0.931. The van der Waals surface area contributed by atoms with Crippen LogP contribution in [-0.2, 0) is 23.3 Å². The molecule has 1 aromatic carbocycles. The lowest BCUT2D eigenvalue weighted by Crippen LogP contribution is -2.54. The van der Waals surface area contributed by atoms with Gasteiger partial charge >= 0.3 is 0 Å². The molecule has 2 aliphatic heterocycles. The Labute approximate surface area is 155 Å². The first kappa shape index (κ1) is 17.5. The first-order valence-corrected chi connectivity index (χ1v) is 8.81. The molecule has 0 saturated heterocycles. The maximum Gasteiger partial charge on any atom is 0.230 e. The molecular formula is C20H21FN4O2. The second-order valence-electron chi connectivity index (χ2n) is 7.19. The molecule has 140 valence electrons. The van der Waals surface area contributed by atoms with Crippen LogP contribution >= 0.6 is 0 Å². The van der Waals surface area contributed by atoms with E-state index in [2.05, 4.69) is 22.2 Å². The van der Waals surface area contributed by atoms with E-state index in [4.69, 9.17) is 4.74 Å². The van der Waals surface area contributed by atoms with Gasteiger partial charge in [-0.25, -0.2) is 9.37 Å². The Morgan fingerprint density at radius 3 is 2.81 bits per heavy atom. The van der Waals surface area contributed by atoms with Gasteiger partial charge in [0.25, 0.3) is 0 Å². The van der Waals surface area contributed by atoms with Crippen LogP contribution in [0.2, 0.25) is 0 Å². The van der Waals surface area contributed by atoms with Gasteiger partial charge in [0.05, 0.1) is 12.0 Å². The summed E-state index contributed by atoms with van der Waals surface area (Å²) in [6, 6.07) is 6.32. The zero-order valence-corrected chi connectivity index (χ0v) is 15.3. The number of ether oxygens (including phenoxy) is 1. The highest BCUT2D eigenvalue weighted by atomic mass is 19.1. The Hall–Kier alpha value is -2.93. The Bertz CT molecular complexity index is 1100. The van der Waals surface area contributed by atoms with Crippen molar-refractivity contribution in [3.63, 3.8) is 0 Å². The fourth-order valence-electron chi connectivity index (χ4n) is 3.37. The lowest BCUT2D eigenvalue weighted by Gasteiger charge is -2.32. The largest absolute Gasteiger partial charge is 0.366 e. The third kappa shape index (κ3) is 3.14. The average molecular weight is 368 g/mol. The van der Waals surface area contributed by atoms with Crippen molar-refractivity contribution < 1.29 is 9.13 Å². The summed E-state index contributed by atoms with van der Waals surface area (Å²) in [6.07, 6.45) is 2.37. The van der Waals surface area contributed by atoms with E-state index in [0.29, 0.717) is 36.6 Å². The summed E-state index contributed by atoms with van der Waals surface area (Å²) >= 11 is 0. The number of nitrogens with zero attached hydrogens (tertiary/aromatic N) is 2. The van der Waals surface area contributed by atoms with Gasteiger partial charge in [-0.2, -0.15) is 0 Å². The van der Waals surface area contributed by atoms with Crippen molar-refractivity contribution >= 4 is 12.4 Å². The van der Waals surface area contributed by atoms with Crippen LogP contribution in [0.1, 0.15) is 25.2 Å². The van der Waals surface area contributed by atoms with Gasteiger partial charge in [-0.3, -0.25) is 4.79 Å².